The highest BCUT2D eigenvalue weighted by Gasteiger charge is 2.45. The fourth-order valence-electron chi connectivity index (χ4n) is 3.49. The number of halogens is 5. The molecule has 3 aromatic rings. The third-order valence-corrected chi connectivity index (χ3v) is 5.01. The Morgan fingerprint density at radius 2 is 1.46 bits per heavy atom. The number of anilines is 2. The summed E-state index contributed by atoms with van der Waals surface area (Å²) in [5.41, 5.74) is -1.50. The van der Waals surface area contributed by atoms with Crippen LogP contribution < -0.4 is 34.3 Å². The molecule has 0 saturated heterocycles. The van der Waals surface area contributed by atoms with Crippen LogP contribution in [0.3, 0.4) is 0 Å². The van der Waals surface area contributed by atoms with Crippen LogP contribution >= 0.6 is 0 Å². The van der Waals surface area contributed by atoms with Crippen LogP contribution in [0.15, 0.2) is 42.6 Å². The molecule has 2 amide bonds. The minimum atomic E-state index is -4.06. The third-order valence-electron chi connectivity index (χ3n) is 5.01. The zero-order valence-electron chi connectivity index (χ0n) is 18.2. The van der Waals surface area contributed by atoms with Crippen LogP contribution in [0.25, 0.3) is 0 Å². The number of benzene rings is 2. The van der Waals surface area contributed by atoms with Gasteiger partial charge in [-0.15, -0.1) is 17.6 Å². The Balaban J connectivity index is 1.48. The van der Waals surface area contributed by atoms with Crippen LogP contribution in [0.1, 0.15) is 20.7 Å². The summed E-state index contributed by atoms with van der Waals surface area (Å²) in [6.45, 7) is 0. The predicted octanol–water partition coefficient (Wildman–Crippen LogP) is 4.38. The van der Waals surface area contributed by atoms with E-state index >= 15 is 0 Å². The van der Waals surface area contributed by atoms with E-state index in [1.165, 1.54) is 19.2 Å². The maximum absolute atomic E-state index is 14.3. The zero-order chi connectivity index (χ0) is 26.5. The number of methoxy groups -OCH3 is 1. The van der Waals surface area contributed by atoms with Gasteiger partial charge in [-0.2, -0.15) is 4.39 Å². The van der Waals surface area contributed by atoms with E-state index in [0.717, 1.165) is 30.5 Å². The van der Waals surface area contributed by atoms with Gasteiger partial charge in [0.25, 0.3) is 11.8 Å². The molecule has 37 heavy (non-hydrogen) atoms. The monoisotopic (exact) mass is 525 g/mol. The average molecular weight is 525 g/mol. The van der Waals surface area contributed by atoms with Crippen LogP contribution in [0.2, 0.25) is 0 Å². The number of nitrogens with zero attached hydrogens (tertiary/aromatic N) is 1. The van der Waals surface area contributed by atoms with Crippen LogP contribution in [0.5, 0.6) is 28.7 Å². The molecule has 2 aliphatic heterocycles. The Bertz CT molecular complexity index is 1450. The number of aromatic nitrogens is 1. The molecule has 5 rings (SSSR count). The second kappa shape index (κ2) is 8.39. The second-order valence-corrected chi connectivity index (χ2v) is 7.43. The highest BCUT2D eigenvalue weighted by atomic mass is 19.3. The quantitative estimate of drug-likeness (QED) is 0.373. The molecule has 0 fully saturated rings. The maximum atomic E-state index is 14.3. The van der Waals surface area contributed by atoms with Crippen LogP contribution in [-0.4, -0.2) is 36.5 Å². The van der Waals surface area contributed by atoms with E-state index in [4.69, 9.17) is 4.74 Å². The van der Waals surface area contributed by atoms with Crippen molar-refractivity contribution in [3.05, 3.63) is 59.7 Å². The van der Waals surface area contributed by atoms with Crippen molar-refractivity contribution in [2.45, 2.75) is 12.6 Å². The predicted molar refractivity (Wildman–Crippen MR) is 112 cm³/mol. The van der Waals surface area contributed by atoms with Gasteiger partial charge in [0, 0.05) is 24.0 Å². The van der Waals surface area contributed by atoms with Gasteiger partial charge in [0.15, 0.2) is 23.0 Å². The van der Waals surface area contributed by atoms with Crippen molar-refractivity contribution < 1.29 is 55.2 Å². The maximum Gasteiger partial charge on any atom is 0.586 e. The summed E-state index contributed by atoms with van der Waals surface area (Å²) in [6.07, 6.45) is -6.90. The molecule has 2 N–H and O–H groups in total. The molecule has 0 spiro atoms. The largest absolute Gasteiger partial charge is 0.586 e. The first kappa shape index (κ1) is 23.9. The minimum Gasteiger partial charge on any atom is -0.496 e. The van der Waals surface area contributed by atoms with Gasteiger partial charge in [0.05, 0.1) is 18.4 Å². The number of hydrogen-bond acceptors (Lipinski definition) is 8. The number of ether oxygens (including phenoxy) is 5. The van der Waals surface area contributed by atoms with Crippen LogP contribution in [0.4, 0.5) is 33.3 Å². The lowest BCUT2D eigenvalue weighted by Gasteiger charge is -2.14. The number of rotatable bonds is 5. The third kappa shape index (κ3) is 4.57. The summed E-state index contributed by atoms with van der Waals surface area (Å²) in [4.78, 5) is 29.3. The van der Waals surface area contributed by atoms with E-state index in [0.29, 0.717) is 0 Å². The molecule has 0 saturated carbocycles. The van der Waals surface area contributed by atoms with Gasteiger partial charge in [0.1, 0.15) is 11.3 Å². The molecule has 15 heteroatoms. The molecule has 2 aliphatic rings. The van der Waals surface area contributed by atoms with E-state index in [-0.39, 0.29) is 28.6 Å². The first-order chi connectivity index (χ1) is 17.4. The minimum absolute atomic E-state index is 0.0507. The molecular formula is C22H12F5N3O7. The summed E-state index contributed by atoms with van der Waals surface area (Å²) in [6, 6.07) is 6.25. The first-order valence-electron chi connectivity index (χ1n) is 10.1. The van der Waals surface area contributed by atoms with Crippen molar-refractivity contribution in [3.63, 3.8) is 0 Å². The zero-order valence-corrected chi connectivity index (χ0v) is 18.2. The van der Waals surface area contributed by atoms with Crippen molar-refractivity contribution in [2.24, 2.45) is 0 Å². The number of carbonyl (C=O) groups is 2. The normalized spacial score (nSPS) is 15.7. The SMILES string of the molecule is COc1ccnc(F)c1C(=O)Nc1cc2c(cc1C(=O)Nc1ccc3c(c1)OC(F)(F)O3)OC(F)(F)O2. The summed E-state index contributed by atoms with van der Waals surface area (Å²) >= 11 is 0. The van der Waals surface area contributed by atoms with E-state index in [9.17, 15) is 31.5 Å². The summed E-state index contributed by atoms with van der Waals surface area (Å²) < 4.78 is 90.4. The van der Waals surface area contributed by atoms with Crippen LogP contribution in [-0.2, 0) is 0 Å². The van der Waals surface area contributed by atoms with Crippen molar-refractivity contribution >= 4 is 23.2 Å². The Kier molecular flexibility index (Phi) is 5.42. The number of pyridine rings is 1. The van der Waals surface area contributed by atoms with Crippen molar-refractivity contribution in [2.75, 3.05) is 17.7 Å². The summed E-state index contributed by atoms with van der Waals surface area (Å²) in [5, 5.41) is 4.58. The van der Waals surface area contributed by atoms with Crippen molar-refractivity contribution in [1.82, 2.24) is 4.98 Å². The molecule has 0 bridgehead atoms. The number of alkyl halides is 4. The molecule has 2 aromatic carbocycles. The number of nitrogens with one attached hydrogen (secondary N) is 2. The molecule has 3 heterocycles. The summed E-state index contributed by atoms with van der Waals surface area (Å²) in [7, 11) is 1.17. The second-order valence-electron chi connectivity index (χ2n) is 7.43. The first-order valence-corrected chi connectivity index (χ1v) is 10.1. The molecule has 10 nitrogen and oxygen atoms in total. The number of hydrogen-bond donors (Lipinski definition) is 2. The fraction of sp³-hybridized carbons (Fsp3) is 0.136. The molecular weight excluding hydrogens is 513 g/mol. The van der Waals surface area contributed by atoms with Gasteiger partial charge in [0.2, 0.25) is 5.95 Å². The highest BCUT2D eigenvalue weighted by Crippen LogP contribution is 2.45. The summed E-state index contributed by atoms with van der Waals surface area (Å²) in [5.74, 6) is -5.25. The Morgan fingerprint density at radius 3 is 2.14 bits per heavy atom. The van der Waals surface area contributed by atoms with Gasteiger partial charge >= 0.3 is 12.6 Å². The van der Waals surface area contributed by atoms with E-state index in [1.807, 2.05) is 0 Å². The van der Waals surface area contributed by atoms with Gasteiger partial charge in [-0.3, -0.25) is 9.59 Å². The molecule has 0 radical (unpaired) electrons. The topological polar surface area (TPSA) is 117 Å². The van der Waals surface area contributed by atoms with Gasteiger partial charge < -0.3 is 34.3 Å². The van der Waals surface area contributed by atoms with E-state index < -0.39 is 53.0 Å². The molecule has 1 aromatic heterocycles. The number of carbonyl (C=O) groups excluding carboxylic acids is 2. The Morgan fingerprint density at radius 1 is 0.838 bits per heavy atom. The molecule has 192 valence electrons. The molecule has 0 atom stereocenters. The highest BCUT2D eigenvalue weighted by molar-refractivity contribution is 6.13. The standard InChI is InChI=1S/C22H12F5N3O7/c1-33-13-4-5-28-18(23)17(13)20(32)30-11-8-16-15(36-22(26,27)37-16)7-10(11)19(31)29-9-2-3-12-14(6-9)35-21(24,25)34-12/h2-8H,1H3,(H,29,31)(H,30,32). The lowest BCUT2D eigenvalue weighted by molar-refractivity contribution is -0.287. The average Bonchev–Trinajstić information content (AvgIpc) is 3.29. The fourth-order valence-corrected chi connectivity index (χ4v) is 3.49. The van der Waals surface area contributed by atoms with E-state index in [1.54, 1.807) is 0 Å². The van der Waals surface area contributed by atoms with Gasteiger partial charge in [-0.05, 0) is 24.3 Å². The van der Waals surface area contributed by atoms with Crippen molar-refractivity contribution in [1.29, 1.82) is 0 Å². The van der Waals surface area contributed by atoms with Gasteiger partial charge in [-0.25, -0.2) is 4.98 Å². The molecule has 0 aliphatic carbocycles. The van der Waals surface area contributed by atoms with Crippen LogP contribution in [0, 0.1) is 5.95 Å². The number of fused-ring (bicyclic) bond motifs is 2. The smallest absolute Gasteiger partial charge is 0.496 e. The van der Waals surface area contributed by atoms with Gasteiger partial charge in [-0.1, -0.05) is 0 Å². The Labute approximate surface area is 202 Å². The lowest BCUT2D eigenvalue weighted by Crippen LogP contribution is -2.26. The van der Waals surface area contributed by atoms with E-state index in [2.05, 4.69) is 34.6 Å². The number of amides is 2. The van der Waals surface area contributed by atoms with Crippen molar-refractivity contribution in [3.8, 4) is 28.7 Å². The lowest BCUT2D eigenvalue weighted by atomic mass is 10.1. The Hall–Kier alpha value is -4.82. The molecule has 0 unspecified atom stereocenters.